The number of nitrogens with zero attached hydrogens (tertiary/aromatic N) is 2. The lowest BCUT2D eigenvalue weighted by atomic mass is 10.1. The second-order valence-electron chi connectivity index (χ2n) is 6.72. The second kappa shape index (κ2) is 9.41. The van der Waals surface area contributed by atoms with Crippen molar-refractivity contribution >= 4 is 17.6 Å². The fourth-order valence-corrected chi connectivity index (χ4v) is 3.46. The molecule has 2 fully saturated rings. The normalized spacial score (nSPS) is 24.2. The van der Waals surface area contributed by atoms with Gasteiger partial charge in [0.2, 0.25) is 0 Å². The van der Waals surface area contributed by atoms with Crippen LogP contribution in [0.25, 0.3) is 0 Å². The Morgan fingerprint density at radius 1 is 1.36 bits per heavy atom. The maximum atomic E-state index is 6.10. The van der Waals surface area contributed by atoms with E-state index in [1.54, 1.807) is 0 Å². The maximum absolute atomic E-state index is 6.10. The Balaban J connectivity index is 1.43. The highest BCUT2D eigenvalue weighted by atomic mass is 35.5. The van der Waals surface area contributed by atoms with E-state index in [0.29, 0.717) is 12.0 Å². The van der Waals surface area contributed by atoms with Crippen LogP contribution in [0.2, 0.25) is 5.02 Å². The van der Waals surface area contributed by atoms with E-state index in [1.165, 1.54) is 5.56 Å². The lowest BCUT2D eigenvalue weighted by molar-refractivity contribution is 0.0377. The first-order valence-corrected chi connectivity index (χ1v) is 9.74. The van der Waals surface area contributed by atoms with Crippen molar-refractivity contribution in [3.05, 3.63) is 34.9 Å². The number of aliphatic imine (C=N–C) groups is 1. The molecular weight excluding hydrogens is 336 g/mol. The summed E-state index contributed by atoms with van der Waals surface area (Å²) in [5.41, 5.74) is 1.31. The van der Waals surface area contributed by atoms with E-state index < -0.39 is 0 Å². The Hall–Kier alpha value is -1.30. The zero-order valence-electron chi connectivity index (χ0n) is 15.0. The zero-order valence-corrected chi connectivity index (χ0v) is 15.8. The number of morpholine rings is 1. The van der Waals surface area contributed by atoms with E-state index in [4.69, 9.17) is 21.3 Å². The van der Waals surface area contributed by atoms with E-state index in [2.05, 4.69) is 34.6 Å². The van der Waals surface area contributed by atoms with E-state index in [0.717, 1.165) is 69.8 Å². The third-order valence-electron chi connectivity index (χ3n) is 4.74. The van der Waals surface area contributed by atoms with Crippen molar-refractivity contribution in [1.82, 2.24) is 15.5 Å². The predicted molar refractivity (Wildman–Crippen MR) is 104 cm³/mol. The third-order valence-corrected chi connectivity index (χ3v) is 4.97. The Kier molecular flexibility index (Phi) is 6.96. The summed E-state index contributed by atoms with van der Waals surface area (Å²) in [6, 6.07) is 8.63. The van der Waals surface area contributed by atoms with Gasteiger partial charge in [-0.25, -0.2) is 0 Å². The summed E-state index contributed by atoms with van der Waals surface area (Å²) >= 11 is 6.10. The average molecular weight is 365 g/mol. The molecule has 0 radical (unpaired) electrons. The summed E-state index contributed by atoms with van der Waals surface area (Å²) in [5.74, 6) is 1.47. The lowest BCUT2D eigenvalue weighted by Crippen LogP contribution is -2.39. The minimum Gasteiger partial charge on any atom is -0.379 e. The summed E-state index contributed by atoms with van der Waals surface area (Å²) in [6.07, 6.45) is 2.22. The molecule has 1 aromatic rings. The minimum absolute atomic E-state index is 0.454. The van der Waals surface area contributed by atoms with Crippen molar-refractivity contribution in [2.45, 2.75) is 31.7 Å². The number of hydrogen-bond donors (Lipinski definition) is 2. The van der Waals surface area contributed by atoms with Crippen LogP contribution < -0.4 is 10.6 Å². The van der Waals surface area contributed by atoms with Gasteiger partial charge in [-0.1, -0.05) is 23.7 Å². The number of guanidine groups is 1. The molecule has 2 atom stereocenters. The Morgan fingerprint density at radius 3 is 2.96 bits per heavy atom. The van der Waals surface area contributed by atoms with Crippen LogP contribution in [0, 0.1) is 0 Å². The highest BCUT2D eigenvalue weighted by Crippen LogP contribution is 2.41. The smallest absolute Gasteiger partial charge is 0.191 e. The van der Waals surface area contributed by atoms with E-state index in [1.807, 2.05) is 12.1 Å². The molecule has 138 valence electrons. The number of ether oxygens (including phenoxy) is 1. The maximum Gasteiger partial charge on any atom is 0.191 e. The van der Waals surface area contributed by atoms with Gasteiger partial charge in [0.15, 0.2) is 5.96 Å². The number of halogens is 1. The molecule has 2 N–H and O–H groups in total. The average Bonchev–Trinajstić information content (AvgIpc) is 3.39. The molecule has 1 aliphatic carbocycles. The van der Waals surface area contributed by atoms with Crippen LogP contribution in [0.15, 0.2) is 29.3 Å². The van der Waals surface area contributed by atoms with Gasteiger partial charge in [-0.3, -0.25) is 9.89 Å². The van der Waals surface area contributed by atoms with Gasteiger partial charge in [-0.15, -0.1) is 0 Å². The highest BCUT2D eigenvalue weighted by molar-refractivity contribution is 6.30. The first-order valence-electron chi connectivity index (χ1n) is 9.36. The molecule has 0 spiro atoms. The summed E-state index contributed by atoms with van der Waals surface area (Å²) in [4.78, 5) is 7.19. The molecule has 25 heavy (non-hydrogen) atoms. The van der Waals surface area contributed by atoms with Gasteiger partial charge in [0.05, 0.1) is 13.2 Å². The van der Waals surface area contributed by atoms with E-state index >= 15 is 0 Å². The first-order chi connectivity index (χ1) is 12.3. The number of benzene rings is 1. The van der Waals surface area contributed by atoms with Crippen molar-refractivity contribution in [2.24, 2.45) is 4.99 Å². The van der Waals surface area contributed by atoms with Crippen LogP contribution in [0.1, 0.15) is 31.2 Å². The summed E-state index contributed by atoms with van der Waals surface area (Å²) in [6.45, 7) is 8.75. The van der Waals surface area contributed by atoms with Crippen molar-refractivity contribution in [1.29, 1.82) is 0 Å². The van der Waals surface area contributed by atoms with Crippen molar-refractivity contribution < 1.29 is 4.74 Å². The highest BCUT2D eigenvalue weighted by Gasteiger charge is 2.39. The van der Waals surface area contributed by atoms with Crippen LogP contribution in [-0.4, -0.2) is 62.8 Å². The standard InChI is InChI=1S/C19H29ClN4O/c1-2-21-19(22-7-4-8-24-9-11-25-12-10-24)23-18-14-17(18)15-5-3-6-16(20)13-15/h3,5-6,13,17-18H,2,4,7-12,14H2,1H3,(H2,21,22,23). The Morgan fingerprint density at radius 2 is 2.20 bits per heavy atom. The fourth-order valence-electron chi connectivity index (χ4n) is 3.27. The van der Waals surface area contributed by atoms with Gasteiger partial charge in [-0.2, -0.15) is 0 Å². The quantitative estimate of drug-likeness (QED) is 0.443. The first kappa shape index (κ1) is 18.5. The van der Waals surface area contributed by atoms with Gasteiger partial charge in [0.25, 0.3) is 0 Å². The van der Waals surface area contributed by atoms with Crippen molar-refractivity contribution in [3.63, 3.8) is 0 Å². The topological polar surface area (TPSA) is 48.9 Å². The molecule has 1 saturated carbocycles. The largest absolute Gasteiger partial charge is 0.379 e. The predicted octanol–water partition coefficient (Wildman–Crippen LogP) is 2.47. The SMILES string of the molecule is CCNC(=NCCCN1CCOCC1)NC1CC1c1cccc(Cl)c1. The lowest BCUT2D eigenvalue weighted by Gasteiger charge is -2.26. The second-order valence-corrected chi connectivity index (χ2v) is 7.15. The Bertz CT molecular complexity index is 574. The third kappa shape index (κ3) is 5.87. The molecule has 0 bridgehead atoms. The monoisotopic (exact) mass is 364 g/mol. The number of hydrogen-bond acceptors (Lipinski definition) is 3. The molecule has 1 saturated heterocycles. The van der Waals surface area contributed by atoms with E-state index in [-0.39, 0.29) is 0 Å². The molecule has 2 unspecified atom stereocenters. The molecule has 3 rings (SSSR count). The number of nitrogens with one attached hydrogen (secondary N) is 2. The van der Waals surface area contributed by atoms with Gasteiger partial charge in [0, 0.05) is 49.7 Å². The number of rotatable bonds is 7. The Labute approximate surface area is 155 Å². The summed E-state index contributed by atoms with van der Waals surface area (Å²) in [7, 11) is 0. The zero-order chi connectivity index (χ0) is 17.5. The molecule has 0 aromatic heterocycles. The van der Waals surface area contributed by atoms with E-state index in [9.17, 15) is 0 Å². The van der Waals surface area contributed by atoms with Crippen LogP contribution in [0.4, 0.5) is 0 Å². The minimum atomic E-state index is 0.454. The molecule has 1 heterocycles. The molecule has 6 heteroatoms. The van der Waals surface area contributed by atoms with Crippen LogP contribution >= 0.6 is 11.6 Å². The molecule has 1 aromatic carbocycles. The van der Waals surface area contributed by atoms with Gasteiger partial charge in [-0.05, 0) is 37.5 Å². The molecule has 0 amide bonds. The van der Waals surface area contributed by atoms with Crippen molar-refractivity contribution in [2.75, 3.05) is 45.9 Å². The molecule has 2 aliphatic rings. The molecule has 5 nitrogen and oxygen atoms in total. The van der Waals surface area contributed by atoms with Gasteiger partial charge >= 0.3 is 0 Å². The van der Waals surface area contributed by atoms with Crippen LogP contribution in [-0.2, 0) is 4.74 Å². The van der Waals surface area contributed by atoms with Gasteiger partial charge < -0.3 is 15.4 Å². The van der Waals surface area contributed by atoms with Gasteiger partial charge in [0.1, 0.15) is 0 Å². The van der Waals surface area contributed by atoms with Crippen LogP contribution in [0.3, 0.4) is 0 Å². The fraction of sp³-hybridized carbons (Fsp3) is 0.632. The van der Waals surface area contributed by atoms with Crippen LogP contribution in [0.5, 0.6) is 0 Å². The summed E-state index contributed by atoms with van der Waals surface area (Å²) in [5, 5.41) is 7.73. The summed E-state index contributed by atoms with van der Waals surface area (Å²) < 4.78 is 5.38. The molecule has 1 aliphatic heterocycles. The molecular formula is C19H29ClN4O. The van der Waals surface area contributed by atoms with Crippen molar-refractivity contribution in [3.8, 4) is 0 Å².